The number of nitrogen functional groups attached to an aromatic ring is 2. The molecule has 0 saturated carbocycles. The van der Waals surface area contributed by atoms with E-state index < -0.39 is 0 Å². The van der Waals surface area contributed by atoms with Gasteiger partial charge >= 0.3 is 0 Å². The van der Waals surface area contributed by atoms with Crippen molar-refractivity contribution in [3.05, 3.63) is 35.5 Å². The van der Waals surface area contributed by atoms with Crippen molar-refractivity contribution in [3.8, 4) is 5.75 Å². The van der Waals surface area contributed by atoms with Crippen molar-refractivity contribution in [2.45, 2.75) is 45.7 Å². The second kappa shape index (κ2) is 12.3. The van der Waals surface area contributed by atoms with Gasteiger partial charge in [-0.05, 0) is 43.0 Å². The van der Waals surface area contributed by atoms with E-state index in [9.17, 15) is 0 Å². The third kappa shape index (κ3) is 6.24. The average Bonchev–Trinajstić information content (AvgIpc) is 3.56. The van der Waals surface area contributed by atoms with Gasteiger partial charge in [-0.1, -0.05) is 38.3 Å². The zero-order chi connectivity index (χ0) is 25.5. The van der Waals surface area contributed by atoms with Gasteiger partial charge in [0.1, 0.15) is 16.8 Å². The lowest BCUT2D eigenvalue weighted by Gasteiger charge is -2.18. The van der Waals surface area contributed by atoms with E-state index in [2.05, 4.69) is 50.4 Å². The fraction of sp³-hybridized carbons (Fsp3) is 0.577. The Morgan fingerprint density at radius 1 is 1.08 bits per heavy atom. The summed E-state index contributed by atoms with van der Waals surface area (Å²) in [6.07, 6.45) is 6.34. The Balaban J connectivity index is 0.000000384. The summed E-state index contributed by atoms with van der Waals surface area (Å²) in [6, 6.07) is 6.41. The maximum atomic E-state index is 8.29. The molecule has 0 radical (unpaired) electrons. The molecule has 10 nitrogen and oxygen atoms in total. The topological polar surface area (TPSA) is 140 Å². The van der Waals surface area contributed by atoms with E-state index in [0.717, 1.165) is 49.2 Å². The van der Waals surface area contributed by atoms with Crippen LogP contribution >= 0.6 is 0 Å². The third-order valence-corrected chi connectivity index (χ3v) is 7.09. The predicted molar refractivity (Wildman–Crippen MR) is 143 cm³/mol. The molecule has 0 amide bonds. The molecule has 0 aliphatic carbocycles. The van der Waals surface area contributed by atoms with Gasteiger partial charge in [-0.3, -0.25) is 9.58 Å². The number of rotatable bonds is 9. The lowest BCUT2D eigenvalue weighted by molar-refractivity contribution is 0.283. The van der Waals surface area contributed by atoms with Crippen LogP contribution in [0.3, 0.4) is 0 Å². The molecule has 3 aromatic rings. The van der Waals surface area contributed by atoms with Crippen LogP contribution in [-0.2, 0) is 13.1 Å². The Morgan fingerprint density at radius 2 is 1.86 bits per heavy atom. The first kappa shape index (κ1) is 26.1. The van der Waals surface area contributed by atoms with Crippen LogP contribution in [0.15, 0.2) is 24.4 Å². The molecule has 4 heterocycles. The number of anilines is 2. The number of hydrogen-bond acceptors (Lipinski definition) is 9. The molecule has 2 unspecified atom stereocenters. The fourth-order valence-corrected chi connectivity index (χ4v) is 5.22. The van der Waals surface area contributed by atoms with Crippen molar-refractivity contribution in [1.29, 1.82) is 0 Å². The van der Waals surface area contributed by atoms with Gasteiger partial charge in [0.05, 0.1) is 19.9 Å². The van der Waals surface area contributed by atoms with E-state index in [0.29, 0.717) is 30.0 Å². The molecule has 0 bridgehead atoms. The highest BCUT2D eigenvalue weighted by Crippen LogP contribution is 2.29. The summed E-state index contributed by atoms with van der Waals surface area (Å²) in [7, 11) is 1.70. The van der Waals surface area contributed by atoms with Gasteiger partial charge in [0, 0.05) is 31.8 Å². The summed E-state index contributed by atoms with van der Waals surface area (Å²) >= 11 is 0. The molecule has 5 rings (SSSR count). The van der Waals surface area contributed by atoms with Crippen LogP contribution in [-0.4, -0.2) is 69.7 Å². The maximum Gasteiger partial charge on any atom is 0.222 e. The minimum atomic E-state index is 0.151. The van der Waals surface area contributed by atoms with Gasteiger partial charge in [-0.15, -0.1) is 0 Å². The van der Waals surface area contributed by atoms with Crippen LogP contribution in [0.5, 0.6) is 5.75 Å². The standard InChI is InChI=1S/C20H26N8O.C6H14O/c1-29-17-4-12(8-27-9-14-5-23-6-15(14)10-27)2-3-13(17)11-28-18-16(7-24-28)25-20(22)26-19(18)21;1-2-3-4-5-6-7/h2-4,7,14-15,23H,5-6,8-11H2,1H3,(H4,21,22,25,26);7H,2-6H2,1H3. The molecule has 2 aromatic heterocycles. The molecule has 2 fully saturated rings. The van der Waals surface area contributed by atoms with Crippen LogP contribution in [0.25, 0.3) is 11.0 Å². The smallest absolute Gasteiger partial charge is 0.222 e. The monoisotopic (exact) mass is 496 g/mol. The van der Waals surface area contributed by atoms with Crippen molar-refractivity contribution in [3.63, 3.8) is 0 Å². The number of benzene rings is 1. The van der Waals surface area contributed by atoms with E-state index in [1.807, 2.05) is 0 Å². The summed E-state index contributed by atoms with van der Waals surface area (Å²) in [4.78, 5) is 10.8. The number of nitrogens with zero attached hydrogens (tertiary/aromatic N) is 5. The number of aliphatic hydroxyl groups excluding tert-OH is 1. The number of fused-ring (bicyclic) bond motifs is 2. The predicted octanol–water partition coefficient (Wildman–Crippen LogP) is 2.26. The highest BCUT2D eigenvalue weighted by atomic mass is 16.5. The molecule has 2 atom stereocenters. The van der Waals surface area contributed by atoms with Crippen LogP contribution in [0.4, 0.5) is 11.8 Å². The molecule has 6 N–H and O–H groups in total. The van der Waals surface area contributed by atoms with Crippen LogP contribution in [0.2, 0.25) is 0 Å². The van der Waals surface area contributed by atoms with Crippen molar-refractivity contribution in [1.82, 2.24) is 30.0 Å². The van der Waals surface area contributed by atoms with Crippen molar-refractivity contribution < 1.29 is 9.84 Å². The first-order valence-corrected chi connectivity index (χ1v) is 13.0. The molecular weight excluding hydrogens is 456 g/mol. The molecule has 0 spiro atoms. The Morgan fingerprint density at radius 3 is 2.56 bits per heavy atom. The quantitative estimate of drug-likeness (QED) is 0.328. The molecule has 36 heavy (non-hydrogen) atoms. The largest absolute Gasteiger partial charge is 0.496 e. The Hall–Kier alpha value is -2.95. The molecular formula is C26H40N8O2. The van der Waals surface area contributed by atoms with Gasteiger partial charge in [0.2, 0.25) is 5.95 Å². The second-order valence-corrected chi connectivity index (χ2v) is 9.81. The summed E-state index contributed by atoms with van der Waals surface area (Å²) in [5.41, 5.74) is 15.3. The van der Waals surface area contributed by atoms with Gasteiger partial charge in [0.25, 0.3) is 0 Å². The second-order valence-electron chi connectivity index (χ2n) is 9.81. The molecule has 1 aromatic carbocycles. The Kier molecular flexibility index (Phi) is 8.95. The normalized spacial score (nSPS) is 19.3. The van der Waals surface area contributed by atoms with Gasteiger partial charge < -0.3 is 26.6 Å². The number of hydrogen-bond donors (Lipinski definition) is 4. The van der Waals surface area contributed by atoms with Crippen molar-refractivity contribution >= 4 is 22.8 Å². The Labute approximate surface area is 213 Å². The zero-order valence-corrected chi connectivity index (χ0v) is 21.5. The third-order valence-electron chi connectivity index (χ3n) is 7.09. The maximum absolute atomic E-state index is 8.29. The lowest BCUT2D eigenvalue weighted by Crippen LogP contribution is -2.25. The highest BCUT2D eigenvalue weighted by Gasteiger charge is 2.35. The first-order valence-electron chi connectivity index (χ1n) is 13.0. The van der Waals surface area contributed by atoms with E-state index in [1.165, 1.54) is 37.9 Å². The minimum Gasteiger partial charge on any atom is -0.496 e. The van der Waals surface area contributed by atoms with Crippen molar-refractivity contribution in [2.24, 2.45) is 11.8 Å². The molecule has 196 valence electrons. The van der Waals surface area contributed by atoms with Crippen LogP contribution in [0, 0.1) is 11.8 Å². The molecule has 2 aliphatic heterocycles. The fourth-order valence-electron chi connectivity index (χ4n) is 5.22. The number of unbranched alkanes of at least 4 members (excludes halogenated alkanes) is 3. The van der Waals surface area contributed by atoms with E-state index in [-0.39, 0.29) is 5.95 Å². The lowest BCUT2D eigenvalue weighted by atomic mass is 10.0. The van der Waals surface area contributed by atoms with Crippen LogP contribution in [0.1, 0.15) is 43.7 Å². The number of ether oxygens (including phenoxy) is 1. The number of nitrogens with two attached hydrogens (primary N) is 2. The van der Waals surface area contributed by atoms with Crippen molar-refractivity contribution in [2.75, 3.05) is 51.4 Å². The number of methoxy groups -OCH3 is 1. The molecule has 10 heteroatoms. The first-order chi connectivity index (χ1) is 17.5. The summed E-state index contributed by atoms with van der Waals surface area (Å²) in [6.45, 7) is 8.64. The van der Waals surface area contributed by atoms with E-state index >= 15 is 0 Å². The number of likely N-dealkylation sites (tertiary alicyclic amines) is 1. The van der Waals surface area contributed by atoms with Gasteiger partial charge in [0.15, 0.2) is 5.82 Å². The average molecular weight is 497 g/mol. The summed E-state index contributed by atoms with van der Waals surface area (Å²) < 4.78 is 7.47. The zero-order valence-electron chi connectivity index (χ0n) is 21.5. The Bertz CT molecular complexity index is 1120. The van der Waals surface area contributed by atoms with E-state index in [4.69, 9.17) is 21.3 Å². The SMILES string of the molecule is CCCCCCO.COc1cc(CN2CC3CNCC3C2)ccc1Cn1ncc2nc(N)nc(N)c21. The summed E-state index contributed by atoms with van der Waals surface area (Å²) in [5, 5.41) is 16.2. The summed E-state index contributed by atoms with van der Waals surface area (Å²) in [5.74, 6) is 2.92. The molecule has 2 saturated heterocycles. The number of aromatic nitrogens is 4. The minimum absolute atomic E-state index is 0.151. The van der Waals surface area contributed by atoms with Gasteiger partial charge in [-0.2, -0.15) is 10.1 Å². The number of nitrogens with one attached hydrogen (secondary N) is 1. The highest BCUT2D eigenvalue weighted by molar-refractivity contribution is 5.85. The number of aliphatic hydroxyl groups is 1. The van der Waals surface area contributed by atoms with Crippen LogP contribution < -0.4 is 21.5 Å². The van der Waals surface area contributed by atoms with Gasteiger partial charge in [-0.25, -0.2) is 4.98 Å². The molecule has 2 aliphatic rings. The van der Waals surface area contributed by atoms with E-state index in [1.54, 1.807) is 18.0 Å².